The molecule has 15 heavy (non-hydrogen) atoms. The van der Waals surface area contributed by atoms with Crippen molar-refractivity contribution in [3.8, 4) is 0 Å². The van der Waals surface area contributed by atoms with Gasteiger partial charge in [-0.15, -0.1) is 5.10 Å². The molecular formula is C11H12FN3. The van der Waals surface area contributed by atoms with Crippen LogP contribution in [0.15, 0.2) is 36.7 Å². The van der Waals surface area contributed by atoms with Gasteiger partial charge in [0, 0.05) is 12.7 Å². The van der Waals surface area contributed by atoms with E-state index in [1.54, 1.807) is 23.0 Å². The maximum atomic E-state index is 12.8. The van der Waals surface area contributed by atoms with Gasteiger partial charge in [0.15, 0.2) is 0 Å². The molecule has 2 rings (SSSR count). The summed E-state index contributed by atoms with van der Waals surface area (Å²) in [6.07, 6.45) is 5.28. The Bertz CT molecular complexity index is 412. The molecular weight excluding hydrogens is 193 g/mol. The molecule has 0 aliphatic heterocycles. The third kappa shape index (κ3) is 2.87. The minimum Gasteiger partial charge on any atom is -0.253 e. The molecule has 0 fully saturated rings. The van der Waals surface area contributed by atoms with Gasteiger partial charge in [0.2, 0.25) is 0 Å². The van der Waals surface area contributed by atoms with Crippen LogP contribution in [0.4, 0.5) is 4.39 Å². The molecule has 78 valence electrons. The largest absolute Gasteiger partial charge is 0.253 e. The smallest absolute Gasteiger partial charge is 0.123 e. The minimum absolute atomic E-state index is 0.173. The van der Waals surface area contributed by atoms with Crippen molar-refractivity contribution in [2.75, 3.05) is 0 Å². The van der Waals surface area contributed by atoms with E-state index >= 15 is 0 Å². The molecule has 0 spiro atoms. The van der Waals surface area contributed by atoms with Crippen LogP contribution in [0.25, 0.3) is 0 Å². The summed E-state index contributed by atoms with van der Waals surface area (Å²) in [6, 6.07) is 6.70. The van der Waals surface area contributed by atoms with Crippen LogP contribution >= 0.6 is 0 Å². The van der Waals surface area contributed by atoms with Gasteiger partial charge in [0.25, 0.3) is 0 Å². The molecule has 0 N–H and O–H groups in total. The van der Waals surface area contributed by atoms with Crippen LogP contribution < -0.4 is 0 Å². The molecule has 2 aromatic rings. The Morgan fingerprint density at radius 2 is 2.27 bits per heavy atom. The number of hydrogen-bond acceptors (Lipinski definition) is 2. The van der Waals surface area contributed by atoms with Crippen LogP contribution in [0.2, 0.25) is 0 Å². The number of aryl methyl sites for hydroxylation is 2. The second-order valence-electron chi connectivity index (χ2n) is 3.40. The minimum atomic E-state index is -0.173. The van der Waals surface area contributed by atoms with Crippen LogP contribution in [-0.4, -0.2) is 15.0 Å². The molecule has 3 nitrogen and oxygen atoms in total. The molecule has 0 saturated carbocycles. The number of nitrogens with zero attached hydrogens (tertiary/aromatic N) is 3. The quantitative estimate of drug-likeness (QED) is 0.764. The van der Waals surface area contributed by atoms with E-state index in [2.05, 4.69) is 10.3 Å². The molecule has 0 aliphatic carbocycles. The summed E-state index contributed by atoms with van der Waals surface area (Å²) in [5.74, 6) is -0.173. The average Bonchev–Trinajstić information content (AvgIpc) is 2.71. The fourth-order valence-corrected chi connectivity index (χ4v) is 1.49. The predicted molar refractivity (Wildman–Crippen MR) is 54.7 cm³/mol. The summed E-state index contributed by atoms with van der Waals surface area (Å²) in [7, 11) is 0. The zero-order valence-electron chi connectivity index (χ0n) is 8.31. The van der Waals surface area contributed by atoms with Crippen LogP contribution in [0.3, 0.4) is 0 Å². The molecule has 0 atom stereocenters. The number of benzene rings is 1. The summed E-state index contributed by atoms with van der Waals surface area (Å²) in [5.41, 5.74) is 1.02. The lowest BCUT2D eigenvalue weighted by molar-refractivity contribution is 0.557. The average molecular weight is 205 g/mol. The van der Waals surface area contributed by atoms with Gasteiger partial charge in [0.1, 0.15) is 5.82 Å². The van der Waals surface area contributed by atoms with E-state index < -0.39 is 0 Å². The van der Waals surface area contributed by atoms with E-state index in [0.29, 0.717) is 0 Å². The number of rotatable bonds is 4. The van der Waals surface area contributed by atoms with Crippen molar-refractivity contribution in [2.24, 2.45) is 0 Å². The predicted octanol–water partition coefficient (Wildman–Crippen LogP) is 2.05. The Hall–Kier alpha value is -1.71. The SMILES string of the molecule is Fc1cccc(CCCn2ccnn2)c1. The van der Waals surface area contributed by atoms with E-state index in [0.717, 1.165) is 24.9 Å². The summed E-state index contributed by atoms with van der Waals surface area (Å²) < 4.78 is 14.6. The van der Waals surface area contributed by atoms with Crippen LogP contribution in [-0.2, 0) is 13.0 Å². The Morgan fingerprint density at radius 1 is 1.33 bits per heavy atom. The Kier molecular flexibility index (Phi) is 3.07. The lowest BCUT2D eigenvalue weighted by Gasteiger charge is -2.01. The maximum absolute atomic E-state index is 12.8. The number of aromatic nitrogens is 3. The van der Waals surface area contributed by atoms with Gasteiger partial charge in [-0.2, -0.15) is 0 Å². The van der Waals surface area contributed by atoms with Crippen molar-refractivity contribution in [3.05, 3.63) is 48.0 Å². The molecule has 1 aromatic carbocycles. The van der Waals surface area contributed by atoms with E-state index in [9.17, 15) is 4.39 Å². The molecule has 1 heterocycles. The fourth-order valence-electron chi connectivity index (χ4n) is 1.49. The lowest BCUT2D eigenvalue weighted by Crippen LogP contribution is -2.00. The topological polar surface area (TPSA) is 30.7 Å². The van der Waals surface area contributed by atoms with Gasteiger partial charge in [-0.1, -0.05) is 17.3 Å². The Labute approximate surface area is 87.5 Å². The van der Waals surface area contributed by atoms with E-state index in [1.165, 1.54) is 6.07 Å². The van der Waals surface area contributed by atoms with Crippen molar-refractivity contribution in [2.45, 2.75) is 19.4 Å². The molecule has 0 radical (unpaired) electrons. The molecule has 4 heteroatoms. The highest BCUT2D eigenvalue weighted by Crippen LogP contribution is 2.06. The summed E-state index contributed by atoms with van der Waals surface area (Å²) in [6.45, 7) is 0.816. The first-order chi connectivity index (χ1) is 7.34. The van der Waals surface area contributed by atoms with Gasteiger partial charge < -0.3 is 0 Å². The molecule has 0 saturated heterocycles. The highest BCUT2D eigenvalue weighted by molar-refractivity contribution is 5.16. The zero-order valence-corrected chi connectivity index (χ0v) is 8.31. The van der Waals surface area contributed by atoms with Crippen LogP contribution in [0.1, 0.15) is 12.0 Å². The van der Waals surface area contributed by atoms with Gasteiger partial charge in [-0.05, 0) is 30.5 Å². The molecule has 0 bridgehead atoms. The highest BCUT2D eigenvalue weighted by Gasteiger charge is 1.96. The summed E-state index contributed by atoms with van der Waals surface area (Å²) >= 11 is 0. The van der Waals surface area contributed by atoms with Gasteiger partial charge in [-0.25, -0.2) is 4.39 Å². The molecule has 0 unspecified atom stereocenters. The second-order valence-corrected chi connectivity index (χ2v) is 3.40. The van der Waals surface area contributed by atoms with Crippen LogP contribution in [0.5, 0.6) is 0 Å². The van der Waals surface area contributed by atoms with Gasteiger partial charge in [0.05, 0.1) is 6.20 Å². The lowest BCUT2D eigenvalue weighted by atomic mass is 10.1. The fraction of sp³-hybridized carbons (Fsp3) is 0.273. The molecule has 0 aliphatic rings. The molecule has 0 amide bonds. The summed E-state index contributed by atoms with van der Waals surface area (Å²) in [4.78, 5) is 0. The van der Waals surface area contributed by atoms with E-state index in [-0.39, 0.29) is 5.82 Å². The van der Waals surface area contributed by atoms with Crippen molar-refractivity contribution < 1.29 is 4.39 Å². The van der Waals surface area contributed by atoms with E-state index in [4.69, 9.17) is 0 Å². The zero-order chi connectivity index (χ0) is 10.5. The number of halogens is 1. The Morgan fingerprint density at radius 3 is 3.00 bits per heavy atom. The Balaban J connectivity index is 1.83. The first-order valence-corrected chi connectivity index (χ1v) is 4.93. The van der Waals surface area contributed by atoms with Crippen molar-refractivity contribution in [1.82, 2.24) is 15.0 Å². The van der Waals surface area contributed by atoms with Crippen LogP contribution in [0, 0.1) is 5.82 Å². The first kappa shape index (κ1) is 9.83. The summed E-state index contributed by atoms with van der Waals surface area (Å²) in [5, 5.41) is 7.57. The van der Waals surface area contributed by atoms with E-state index in [1.807, 2.05) is 12.3 Å². The molecule has 1 aromatic heterocycles. The van der Waals surface area contributed by atoms with Gasteiger partial charge in [-0.3, -0.25) is 4.68 Å². The second kappa shape index (κ2) is 4.68. The third-order valence-corrected chi connectivity index (χ3v) is 2.21. The third-order valence-electron chi connectivity index (χ3n) is 2.21. The van der Waals surface area contributed by atoms with Crippen molar-refractivity contribution in [3.63, 3.8) is 0 Å². The van der Waals surface area contributed by atoms with Crippen molar-refractivity contribution >= 4 is 0 Å². The standard InChI is InChI=1S/C11H12FN3/c12-11-5-1-3-10(9-11)4-2-7-15-8-6-13-14-15/h1,3,5-6,8-9H,2,4,7H2. The first-order valence-electron chi connectivity index (χ1n) is 4.93. The number of hydrogen-bond donors (Lipinski definition) is 0. The monoisotopic (exact) mass is 205 g/mol. The highest BCUT2D eigenvalue weighted by atomic mass is 19.1. The normalized spacial score (nSPS) is 10.5. The maximum Gasteiger partial charge on any atom is 0.123 e. The van der Waals surface area contributed by atoms with Crippen molar-refractivity contribution in [1.29, 1.82) is 0 Å². The van der Waals surface area contributed by atoms with Gasteiger partial charge >= 0.3 is 0 Å².